The van der Waals surface area contributed by atoms with Gasteiger partial charge in [-0.3, -0.25) is 0 Å². The highest BCUT2D eigenvalue weighted by molar-refractivity contribution is 5.82. The van der Waals surface area contributed by atoms with Gasteiger partial charge in [-0.15, -0.1) is 0 Å². The van der Waals surface area contributed by atoms with Crippen LogP contribution < -0.4 is 5.32 Å². The molecule has 2 amide bonds. The van der Waals surface area contributed by atoms with Crippen LogP contribution in [-0.4, -0.2) is 41.1 Å². The van der Waals surface area contributed by atoms with Crippen LogP contribution in [0.5, 0.6) is 0 Å². The van der Waals surface area contributed by atoms with Crippen LogP contribution >= 0.6 is 0 Å². The van der Waals surface area contributed by atoms with Crippen molar-refractivity contribution >= 4 is 12.0 Å². The van der Waals surface area contributed by atoms with Gasteiger partial charge in [0.2, 0.25) is 0 Å². The predicted molar refractivity (Wildman–Crippen MR) is 76.4 cm³/mol. The summed E-state index contributed by atoms with van der Waals surface area (Å²) >= 11 is 0. The molecule has 1 unspecified atom stereocenters. The van der Waals surface area contributed by atoms with Crippen LogP contribution in [0.25, 0.3) is 0 Å². The third-order valence-corrected chi connectivity index (χ3v) is 5.83. The monoisotopic (exact) mass is 282 g/mol. The number of carboxylic acid groups (broad SMARTS) is 1. The zero-order chi connectivity index (χ0) is 15.1. The maximum atomic E-state index is 12.2. The van der Waals surface area contributed by atoms with E-state index in [0.29, 0.717) is 25.4 Å². The van der Waals surface area contributed by atoms with Crippen molar-refractivity contribution < 1.29 is 14.7 Å². The minimum Gasteiger partial charge on any atom is -0.480 e. The lowest BCUT2D eigenvalue weighted by Crippen LogP contribution is -2.52. The van der Waals surface area contributed by atoms with E-state index in [4.69, 9.17) is 0 Å². The van der Waals surface area contributed by atoms with E-state index in [0.717, 1.165) is 12.8 Å². The van der Waals surface area contributed by atoms with Crippen molar-refractivity contribution in [1.29, 1.82) is 0 Å². The molecule has 2 aliphatic rings. The topological polar surface area (TPSA) is 69.6 Å². The van der Waals surface area contributed by atoms with Gasteiger partial charge in [-0.25, -0.2) is 9.59 Å². The molecule has 2 fully saturated rings. The van der Waals surface area contributed by atoms with Crippen LogP contribution in [0.1, 0.15) is 47.0 Å². The molecule has 5 nitrogen and oxygen atoms in total. The van der Waals surface area contributed by atoms with E-state index >= 15 is 0 Å². The summed E-state index contributed by atoms with van der Waals surface area (Å²) in [4.78, 5) is 24.9. The number of aliphatic carboxylic acids is 1. The van der Waals surface area contributed by atoms with Gasteiger partial charge in [-0.2, -0.15) is 0 Å². The number of rotatable bonds is 3. The Kier molecular flexibility index (Phi) is 3.73. The van der Waals surface area contributed by atoms with Crippen molar-refractivity contribution in [3.8, 4) is 0 Å². The molecule has 2 rings (SSSR count). The first kappa shape index (κ1) is 15.1. The van der Waals surface area contributed by atoms with E-state index < -0.39 is 12.0 Å². The van der Waals surface area contributed by atoms with Gasteiger partial charge >= 0.3 is 12.0 Å². The lowest BCUT2D eigenvalue weighted by molar-refractivity contribution is -0.143. The second-order valence-corrected chi connectivity index (χ2v) is 7.23. The molecule has 0 aromatic heterocycles. The zero-order valence-electron chi connectivity index (χ0n) is 12.9. The Bertz CT molecular complexity index is 403. The molecule has 1 aliphatic carbocycles. The Morgan fingerprint density at radius 2 is 1.80 bits per heavy atom. The molecule has 0 aromatic carbocycles. The Hall–Kier alpha value is -1.26. The fourth-order valence-electron chi connectivity index (χ4n) is 3.57. The molecular formula is C15H26N2O3. The van der Waals surface area contributed by atoms with Crippen LogP contribution in [0.3, 0.4) is 0 Å². The lowest BCUT2D eigenvalue weighted by atomic mass is 10.0. The highest BCUT2D eigenvalue weighted by Gasteiger charge is 2.64. The molecule has 1 saturated carbocycles. The van der Waals surface area contributed by atoms with Gasteiger partial charge in [-0.1, -0.05) is 27.7 Å². The average Bonchev–Trinajstić information content (AvgIpc) is 2.76. The van der Waals surface area contributed by atoms with E-state index in [1.54, 1.807) is 0 Å². The van der Waals surface area contributed by atoms with Crippen LogP contribution in [0, 0.1) is 16.7 Å². The highest BCUT2D eigenvalue weighted by Crippen LogP contribution is 2.67. The first-order chi connectivity index (χ1) is 9.19. The first-order valence-electron chi connectivity index (χ1n) is 7.47. The van der Waals surface area contributed by atoms with Gasteiger partial charge in [0.25, 0.3) is 0 Å². The van der Waals surface area contributed by atoms with Crippen molar-refractivity contribution in [3.05, 3.63) is 0 Å². The number of piperidine rings is 1. The quantitative estimate of drug-likeness (QED) is 0.834. The Labute approximate surface area is 120 Å². The summed E-state index contributed by atoms with van der Waals surface area (Å²) in [6.07, 6.45) is 2.32. The third-order valence-electron chi connectivity index (χ3n) is 5.83. The minimum atomic E-state index is -0.896. The maximum Gasteiger partial charge on any atom is 0.326 e. The van der Waals surface area contributed by atoms with Crippen molar-refractivity contribution in [2.45, 2.75) is 53.0 Å². The normalized spacial score (nSPS) is 28.0. The van der Waals surface area contributed by atoms with Crippen LogP contribution in [-0.2, 0) is 4.79 Å². The second-order valence-electron chi connectivity index (χ2n) is 7.23. The van der Waals surface area contributed by atoms with Crippen molar-refractivity contribution in [1.82, 2.24) is 10.2 Å². The number of urea groups is 1. The molecule has 0 spiro atoms. The fraction of sp³-hybridized carbons (Fsp3) is 0.867. The average molecular weight is 282 g/mol. The third kappa shape index (κ3) is 2.38. The maximum absolute atomic E-state index is 12.2. The number of nitrogens with zero attached hydrogens (tertiary/aromatic N) is 1. The predicted octanol–water partition coefficient (Wildman–Crippen LogP) is 2.32. The number of hydrogen-bond acceptors (Lipinski definition) is 2. The van der Waals surface area contributed by atoms with Gasteiger partial charge in [0.05, 0.1) is 0 Å². The second kappa shape index (κ2) is 4.93. The molecule has 2 N–H and O–H groups in total. The fourth-order valence-corrected chi connectivity index (χ4v) is 3.57. The lowest BCUT2D eigenvalue weighted by Gasteiger charge is -2.33. The molecule has 1 aliphatic heterocycles. The zero-order valence-corrected chi connectivity index (χ0v) is 12.9. The molecule has 114 valence electrons. The summed E-state index contributed by atoms with van der Waals surface area (Å²) < 4.78 is 0. The van der Waals surface area contributed by atoms with Crippen molar-refractivity contribution in [2.24, 2.45) is 16.7 Å². The number of carbonyl (C=O) groups excluding carboxylic acids is 1. The Morgan fingerprint density at radius 1 is 1.20 bits per heavy atom. The SMILES string of the molecule is CC1(C)C(CNC(=O)N2CCCCC2C(=O)O)C1(C)C. The standard InChI is InChI=1S/C15H26N2O3/c1-14(2)11(15(14,3)4)9-16-13(20)17-8-6-5-7-10(17)12(18)19/h10-11H,5-9H2,1-4H3,(H,16,20)(H,18,19). The molecular weight excluding hydrogens is 256 g/mol. The number of amides is 2. The van der Waals surface area contributed by atoms with Crippen molar-refractivity contribution in [3.63, 3.8) is 0 Å². The van der Waals surface area contributed by atoms with Crippen molar-refractivity contribution in [2.75, 3.05) is 13.1 Å². The summed E-state index contributed by atoms with van der Waals surface area (Å²) in [6.45, 7) is 10.0. The molecule has 1 atom stereocenters. The van der Waals surface area contributed by atoms with E-state index in [2.05, 4.69) is 33.0 Å². The van der Waals surface area contributed by atoms with Crippen LogP contribution in [0.15, 0.2) is 0 Å². The highest BCUT2D eigenvalue weighted by atomic mass is 16.4. The van der Waals surface area contributed by atoms with E-state index in [9.17, 15) is 14.7 Å². The molecule has 20 heavy (non-hydrogen) atoms. The van der Waals surface area contributed by atoms with Crippen LogP contribution in [0.4, 0.5) is 4.79 Å². The van der Waals surface area contributed by atoms with E-state index in [1.165, 1.54) is 4.90 Å². The van der Waals surface area contributed by atoms with E-state index in [1.807, 2.05) is 0 Å². The molecule has 5 heteroatoms. The number of likely N-dealkylation sites (tertiary alicyclic amines) is 1. The van der Waals surface area contributed by atoms with Gasteiger partial charge in [0.15, 0.2) is 0 Å². The molecule has 1 heterocycles. The summed E-state index contributed by atoms with van der Waals surface area (Å²) in [5, 5.41) is 12.1. The van der Waals surface area contributed by atoms with Gasteiger partial charge in [0, 0.05) is 13.1 Å². The first-order valence-corrected chi connectivity index (χ1v) is 7.47. The Balaban J connectivity index is 1.90. The number of carbonyl (C=O) groups is 2. The smallest absolute Gasteiger partial charge is 0.326 e. The van der Waals surface area contributed by atoms with Gasteiger partial charge < -0.3 is 15.3 Å². The summed E-state index contributed by atoms with van der Waals surface area (Å²) in [6, 6.07) is -0.889. The number of nitrogens with one attached hydrogen (secondary N) is 1. The number of hydrogen-bond donors (Lipinski definition) is 2. The van der Waals surface area contributed by atoms with Crippen LogP contribution in [0.2, 0.25) is 0 Å². The summed E-state index contributed by atoms with van der Waals surface area (Å²) in [5.74, 6) is -0.445. The minimum absolute atomic E-state index is 0.226. The van der Waals surface area contributed by atoms with Gasteiger partial charge in [-0.05, 0) is 36.0 Å². The summed E-state index contributed by atoms with van der Waals surface area (Å²) in [7, 11) is 0. The van der Waals surface area contributed by atoms with E-state index in [-0.39, 0.29) is 16.9 Å². The molecule has 1 saturated heterocycles. The number of carboxylic acids is 1. The van der Waals surface area contributed by atoms with Gasteiger partial charge in [0.1, 0.15) is 6.04 Å². The Morgan fingerprint density at radius 3 is 2.30 bits per heavy atom. The summed E-state index contributed by atoms with van der Waals surface area (Å²) in [5.41, 5.74) is 0.461. The molecule has 0 bridgehead atoms. The molecule has 0 aromatic rings. The molecule has 0 radical (unpaired) electrons. The largest absolute Gasteiger partial charge is 0.480 e.